The van der Waals surface area contributed by atoms with Crippen molar-refractivity contribution < 1.29 is 13.3 Å². The molecule has 0 aliphatic carbocycles. The third-order valence-corrected chi connectivity index (χ3v) is 1.73. The fraction of sp³-hybridized carbons (Fsp3) is 1.00. The monoisotopic (exact) mass is 244 g/mol. The van der Waals surface area contributed by atoms with Crippen molar-refractivity contribution in [1.82, 2.24) is 0 Å². The van der Waals surface area contributed by atoms with Gasteiger partial charge in [-0.2, -0.15) is 0 Å². The Balaban J connectivity index is 0. The van der Waals surface area contributed by atoms with Crippen molar-refractivity contribution in [1.29, 1.82) is 0 Å². The van der Waals surface area contributed by atoms with Crippen LogP contribution in [0, 0.1) is 0 Å². The van der Waals surface area contributed by atoms with E-state index in [1.54, 1.807) is 21.3 Å². The van der Waals surface area contributed by atoms with Gasteiger partial charge in [0.05, 0.1) is 0 Å². The van der Waals surface area contributed by atoms with E-state index in [-0.39, 0.29) is 23.9 Å². The zero-order chi connectivity index (χ0) is 5.70. The molecule has 0 aromatic rings. The second kappa shape index (κ2) is 7.90. The normalized spacial score (nSPS) is 9.00. The zero-order valence-electron chi connectivity index (χ0n) is 5.51. The molecule has 0 atom stereocenters. The molecule has 0 spiro atoms. The Labute approximate surface area is 68.2 Å². The Morgan fingerprint density at radius 1 is 0.875 bits per heavy atom. The van der Waals surface area contributed by atoms with Crippen LogP contribution in [0.1, 0.15) is 0 Å². The van der Waals surface area contributed by atoms with Crippen LogP contribution < -0.4 is 0 Å². The fourth-order valence-corrected chi connectivity index (χ4v) is 0.866. The van der Waals surface area contributed by atoms with E-state index < -0.39 is 9.53 Å². The summed E-state index contributed by atoms with van der Waals surface area (Å²) in [6.07, 6.45) is 0. The van der Waals surface area contributed by atoms with Crippen LogP contribution in [0.25, 0.3) is 0 Å². The number of rotatable bonds is 3. The third-order valence-electron chi connectivity index (χ3n) is 0.577. The molecule has 50 valence electrons. The molecule has 0 unspecified atom stereocenters. The van der Waals surface area contributed by atoms with Gasteiger partial charge in [0.1, 0.15) is 0 Å². The maximum absolute atomic E-state index is 4.74. The van der Waals surface area contributed by atoms with Crippen molar-refractivity contribution >= 4 is 33.4 Å². The predicted octanol–water partition coefficient (Wildman–Crippen LogP) is -1.27. The second-order valence-corrected chi connectivity index (χ2v) is 2.99. The third kappa shape index (κ3) is 5.04. The van der Waals surface area contributed by atoms with E-state index in [1.807, 2.05) is 0 Å². The molecular weight excluding hydrogens is 231 g/mol. The summed E-state index contributed by atoms with van der Waals surface area (Å²) in [5, 5.41) is 0. The van der Waals surface area contributed by atoms with E-state index in [1.165, 1.54) is 0 Å². The minimum atomic E-state index is -1.67. The minimum absolute atomic E-state index is 0. The molecule has 0 aromatic heterocycles. The van der Waals surface area contributed by atoms with Gasteiger partial charge in [0.25, 0.3) is 0 Å². The van der Waals surface area contributed by atoms with E-state index in [4.69, 9.17) is 13.3 Å². The summed E-state index contributed by atoms with van der Waals surface area (Å²) >= 11 is 0. The molecular formula is C3H12O3SiSn. The van der Waals surface area contributed by atoms with Gasteiger partial charge in [-0.05, 0) is 0 Å². The standard InChI is InChI=1S/C3H10O3Si.Sn.2H/c1-4-7(5-2)6-3;;;/h7H,1-3H3;;;. The summed E-state index contributed by atoms with van der Waals surface area (Å²) in [4.78, 5) is 0. The molecule has 5 heteroatoms. The summed E-state index contributed by atoms with van der Waals surface area (Å²) in [7, 11) is 3.05. The van der Waals surface area contributed by atoms with Gasteiger partial charge in [-0.3, -0.25) is 0 Å². The molecule has 0 aromatic carbocycles. The Morgan fingerprint density at radius 3 is 1.12 bits per heavy atom. The molecule has 0 N–H and O–H groups in total. The summed E-state index contributed by atoms with van der Waals surface area (Å²) in [6, 6.07) is 0. The molecule has 0 amide bonds. The Hall–Kier alpha value is 0.896. The van der Waals surface area contributed by atoms with Gasteiger partial charge in [-0.15, -0.1) is 0 Å². The van der Waals surface area contributed by atoms with E-state index in [0.717, 1.165) is 0 Å². The van der Waals surface area contributed by atoms with Crippen LogP contribution in [0.3, 0.4) is 0 Å². The first kappa shape index (κ1) is 11.7. The van der Waals surface area contributed by atoms with Crippen LogP contribution in [0.15, 0.2) is 0 Å². The van der Waals surface area contributed by atoms with Crippen LogP contribution in [0.4, 0.5) is 0 Å². The van der Waals surface area contributed by atoms with Crippen LogP contribution in [0.2, 0.25) is 0 Å². The molecule has 0 bridgehead atoms. The van der Waals surface area contributed by atoms with Crippen LogP contribution in [-0.2, 0) is 13.3 Å². The van der Waals surface area contributed by atoms with E-state index >= 15 is 0 Å². The Kier molecular flexibility index (Phi) is 11.5. The van der Waals surface area contributed by atoms with Crippen LogP contribution >= 0.6 is 0 Å². The summed E-state index contributed by atoms with van der Waals surface area (Å²) < 4.78 is 14.2. The van der Waals surface area contributed by atoms with E-state index in [0.29, 0.717) is 0 Å². The SMILES string of the molecule is CO[SiH](OC)OC.[SnH2]. The number of hydrogen-bond acceptors (Lipinski definition) is 3. The molecule has 0 rings (SSSR count). The first-order chi connectivity index (χ1) is 3.35. The Morgan fingerprint density at radius 2 is 1.12 bits per heavy atom. The summed E-state index contributed by atoms with van der Waals surface area (Å²) in [6.45, 7) is 0. The molecule has 0 saturated heterocycles. The van der Waals surface area contributed by atoms with Crippen LogP contribution in [0.5, 0.6) is 0 Å². The molecule has 0 aliphatic heterocycles. The average molecular weight is 243 g/mol. The van der Waals surface area contributed by atoms with Gasteiger partial charge in [0, 0.05) is 21.3 Å². The van der Waals surface area contributed by atoms with Crippen molar-refractivity contribution in [3.8, 4) is 0 Å². The molecule has 0 heterocycles. The first-order valence-corrected chi connectivity index (χ1v) is 3.35. The van der Waals surface area contributed by atoms with Crippen molar-refractivity contribution in [3.63, 3.8) is 0 Å². The van der Waals surface area contributed by atoms with E-state index in [2.05, 4.69) is 0 Å². The molecule has 0 saturated carbocycles. The van der Waals surface area contributed by atoms with Crippen molar-refractivity contribution in [2.45, 2.75) is 0 Å². The summed E-state index contributed by atoms with van der Waals surface area (Å²) in [5.41, 5.74) is 0. The van der Waals surface area contributed by atoms with Gasteiger partial charge < -0.3 is 13.3 Å². The van der Waals surface area contributed by atoms with Gasteiger partial charge in [-0.25, -0.2) is 0 Å². The topological polar surface area (TPSA) is 27.7 Å². The van der Waals surface area contributed by atoms with Crippen molar-refractivity contribution in [3.05, 3.63) is 0 Å². The van der Waals surface area contributed by atoms with Gasteiger partial charge in [-0.1, -0.05) is 0 Å². The molecule has 3 nitrogen and oxygen atoms in total. The molecule has 8 heavy (non-hydrogen) atoms. The molecule has 2 radical (unpaired) electrons. The fourth-order valence-electron chi connectivity index (χ4n) is 0.289. The molecule has 0 fully saturated rings. The van der Waals surface area contributed by atoms with Gasteiger partial charge >= 0.3 is 33.4 Å². The molecule has 0 aliphatic rings. The zero-order valence-corrected chi connectivity index (χ0v) is 10.7. The average Bonchev–Trinajstić information content (AvgIpc) is 1.72. The van der Waals surface area contributed by atoms with Gasteiger partial charge in [0.15, 0.2) is 0 Å². The Bertz CT molecular complexity index is 36.0. The van der Waals surface area contributed by atoms with Crippen molar-refractivity contribution in [2.24, 2.45) is 0 Å². The predicted molar refractivity (Wildman–Crippen MR) is 36.7 cm³/mol. The first-order valence-electron chi connectivity index (χ1n) is 1.93. The van der Waals surface area contributed by atoms with E-state index in [9.17, 15) is 0 Å². The van der Waals surface area contributed by atoms with Crippen molar-refractivity contribution in [2.75, 3.05) is 21.3 Å². The number of hydrogen-bond donors (Lipinski definition) is 0. The van der Waals surface area contributed by atoms with Gasteiger partial charge in [0.2, 0.25) is 0 Å². The maximum atomic E-state index is 4.74. The quantitative estimate of drug-likeness (QED) is 0.578. The van der Waals surface area contributed by atoms with Crippen LogP contribution in [-0.4, -0.2) is 54.8 Å². The second-order valence-electron chi connectivity index (χ2n) is 0.996. The summed E-state index contributed by atoms with van der Waals surface area (Å²) in [5.74, 6) is 0.